The Morgan fingerprint density at radius 1 is 0.556 bits per heavy atom. The predicted octanol–water partition coefficient (Wildman–Crippen LogP) is 7.36. The third-order valence-corrected chi connectivity index (χ3v) is 6.98. The molecule has 0 spiro atoms. The summed E-state index contributed by atoms with van der Waals surface area (Å²) in [5.41, 5.74) is 4.06. The molecular formula is C30H34O6. The first-order valence-electron chi connectivity index (χ1n) is 12.1. The summed E-state index contributed by atoms with van der Waals surface area (Å²) in [5.74, 6) is 0.645. The van der Waals surface area contributed by atoms with Crippen LogP contribution in [0, 0.1) is 13.8 Å². The van der Waals surface area contributed by atoms with Gasteiger partial charge in [-0.05, 0) is 59.7 Å². The molecule has 0 heterocycles. The molecule has 0 radical (unpaired) electrons. The Hall–Kier alpha value is -3.80. The monoisotopic (exact) mass is 490 g/mol. The van der Waals surface area contributed by atoms with Crippen LogP contribution in [0.1, 0.15) is 61.8 Å². The summed E-state index contributed by atoms with van der Waals surface area (Å²) >= 11 is 0. The molecule has 6 heteroatoms. The van der Waals surface area contributed by atoms with Crippen molar-refractivity contribution < 1.29 is 29.9 Å². The lowest BCUT2D eigenvalue weighted by Crippen LogP contribution is -2.00. The zero-order chi connectivity index (χ0) is 26.6. The summed E-state index contributed by atoms with van der Waals surface area (Å²) in [6.07, 6.45) is 0. The van der Waals surface area contributed by atoms with Crippen LogP contribution in [0.25, 0.3) is 32.7 Å². The molecule has 0 saturated heterocycles. The van der Waals surface area contributed by atoms with Crippen LogP contribution in [0.3, 0.4) is 0 Å². The van der Waals surface area contributed by atoms with E-state index in [2.05, 4.69) is 0 Å². The minimum Gasteiger partial charge on any atom is -0.507 e. The lowest BCUT2D eigenvalue weighted by Gasteiger charge is -2.22. The van der Waals surface area contributed by atoms with Gasteiger partial charge < -0.3 is 29.9 Å². The second kappa shape index (κ2) is 9.01. The van der Waals surface area contributed by atoms with Gasteiger partial charge in [0.05, 0.1) is 14.2 Å². The van der Waals surface area contributed by atoms with Gasteiger partial charge in [0.25, 0.3) is 0 Å². The second-order valence-electron chi connectivity index (χ2n) is 10.0. The van der Waals surface area contributed by atoms with Gasteiger partial charge in [-0.15, -0.1) is 0 Å². The van der Waals surface area contributed by atoms with Crippen LogP contribution in [0.2, 0.25) is 0 Å². The number of methoxy groups -OCH3 is 2. The molecule has 4 aromatic rings. The topological polar surface area (TPSA) is 99.4 Å². The first kappa shape index (κ1) is 25.3. The van der Waals surface area contributed by atoms with Crippen LogP contribution in [-0.2, 0) is 0 Å². The Kier molecular flexibility index (Phi) is 6.33. The van der Waals surface area contributed by atoms with E-state index in [4.69, 9.17) is 9.47 Å². The van der Waals surface area contributed by atoms with Crippen LogP contribution in [0.5, 0.6) is 34.5 Å². The van der Waals surface area contributed by atoms with Crippen LogP contribution in [-0.4, -0.2) is 34.6 Å². The van der Waals surface area contributed by atoms with Gasteiger partial charge in [0.1, 0.15) is 11.5 Å². The van der Waals surface area contributed by atoms with E-state index >= 15 is 0 Å². The number of rotatable bonds is 5. The highest BCUT2D eigenvalue weighted by atomic mass is 16.5. The number of benzene rings is 4. The fourth-order valence-corrected chi connectivity index (χ4v) is 5.50. The maximum absolute atomic E-state index is 11.5. The quantitative estimate of drug-likeness (QED) is 0.233. The summed E-state index contributed by atoms with van der Waals surface area (Å²) in [7, 11) is 3.03. The average Bonchev–Trinajstić information content (AvgIpc) is 2.80. The van der Waals surface area contributed by atoms with Crippen molar-refractivity contribution in [3.05, 3.63) is 46.5 Å². The number of fused-ring (bicyclic) bond motifs is 2. The average molecular weight is 491 g/mol. The smallest absolute Gasteiger partial charge is 0.164 e. The molecular weight excluding hydrogens is 456 g/mol. The van der Waals surface area contributed by atoms with Crippen molar-refractivity contribution in [2.45, 2.75) is 53.4 Å². The molecule has 0 atom stereocenters. The molecule has 4 rings (SSSR count). The third-order valence-electron chi connectivity index (χ3n) is 6.98. The summed E-state index contributed by atoms with van der Waals surface area (Å²) in [4.78, 5) is 0. The predicted molar refractivity (Wildman–Crippen MR) is 144 cm³/mol. The maximum Gasteiger partial charge on any atom is 0.164 e. The Balaban J connectivity index is 2.14. The zero-order valence-electron chi connectivity index (χ0n) is 22.1. The van der Waals surface area contributed by atoms with Gasteiger partial charge in [0, 0.05) is 33.0 Å². The first-order valence-corrected chi connectivity index (χ1v) is 12.1. The van der Waals surface area contributed by atoms with Crippen molar-refractivity contribution >= 4 is 21.5 Å². The zero-order valence-corrected chi connectivity index (χ0v) is 22.1. The molecule has 4 aromatic carbocycles. The largest absolute Gasteiger partial charge is 0.507 e. The molecule has 0 aliphatic carbocycles. The second-order valence-corrected chi connectivity index (χ2v) is 10.0. The first-order chi connectivity index (χ1) is 16.9. The molecule has 0 unspecified atom stereocenters. The summed E-state index contributed by atoms with van der Waals surface area (Å²) < 4.78 is 11.0. The van der Waals surface area contributed by atoms with E-state index in [-0.39, 0.29) is 34.8 Å². The van der Waals surface area contributed by atoms with E-state index in [0.717, 1.165) is 33.0 Å². The number of hydrogen-bond acceptors (Lipinski definition) is 6. The third kappa shape index (κ3) is 3.63. The van der Waals surface area contributed by atoms with Gasteiger partial charge >= 0.3 is 0 Å². The Bertz CT molecular complexity index is 1400. The van der Waals surface area contributed by atoms with Crippen molar-refractivity contribution in [3.63, 3.8) is 0 Å². The molecule has 0 saturated carbocycles. The van der Waals surface area contributed by atoms with Crippen LogP contribution < -0.4 is 9.47 Å². The molecule has 190 valence electrons. The Morgan fingerprint density at radius 3 is 1.17 bits per heavy atom. The van der Waals surface area contributed by atoms with Gasteiger partial charge in [-0.25, -0.2) is 0 Å². The van der Waals surface area contributed by atoms with Crippen LogP contribution >= 0.6 is 0 Å². The van der Waals surface area contributed by atoms with Crippen LogP contribution in [0.4, 0.5) is 0 Å². The number of hydrogen-bond donors (Lipinski definition) is 4. The van der Waals surface area contributed by atoms with E-state index in [1.165, 1.54) is 26.4 Å². The molecule has 4 N–H and O–H groups in total. The summed E-state index contributed by atoms with van der Waals surface area (Å²) in [5, 5.41) is 47.0. The fourth-order valence-electron chi connectivity index (χ4n) is 5.50. The number of phenolic OH excluding ortho intramolecular Hbond substituents is 4. The van der Waals surface area contributed by atoms with Crippen molar-refractivity contribution in [1.29, 1.82) is 0 Å². The number of phenols is 4. The minimum absolute atomic E-state index is 0.0300. The van der Waals surface area contributed by atoms with E-state index in [1.807, 2.05) is 53.7 Å². The normalized spacial score (nSPS) is 11.7. The van der Waals surface area contributed by atoms with Crippen LogP contribution in [0.15, 0.2) is 24.3 Å². The van der Waals surface area contributed by atoms with E-state index in [1.54, 1.807) is 0 Å². The van der Waals surface area contributed by atoms with E-state index < -0.39 is 0 Å². The number of aromatic hydroxyl groups is 4. The minimum atomic E-state index is -0.0585. The molecule has 0 aromatic heterocycles. The van der Waals surface area contributed by atoms with Gasteiger partial charge in [-0.1, -0.05) is 39.8 Å². The summed E-state index contributed by atoms with van der Waals surface area (Å²) in [6.45, 7) is 11.8. The molecule has 0 fully saturated rings. The summed E-state index contributed by atoms with van der Waals surface area (Å²) in [6, 6.07) is 6.91. The molecule has 0 aliphatic rings. The van der Waals surface area contributed by atoms with Crippen molar-refractivity contribution in [2.75, 3.05) is 14.2 Å². The highest BCUT2D eigenvalue weighted by Crippen LogP contribution is 2.52. The van der Waals surface area contributed by atoms with Gasteiger partial charge in [-0.3, -0.25) is 0 Å². The number of ether oxygens (including phenoxy) is 2. The molecule has 6 nitrogen and oxygen atoms in total. The highest BCUT2D eigenvalue weighted by Gasteiger charge is 2.26. The van der Waals surface area contributed by atoms with Gasteiger partial charge in [0.2, 0.25) is 0 Å². The van der Waals surface area contributed by atoms with Gasteiger partial charge in [-0.2, -0.15) is 0 Å². The fraction of sp³-hybridized carbons (Fsp3) is 0.333. The highest BCUT2D eigenvalue weighted by molar-refractivity contribution is 6.06. The van der Waals surface area contributed by atoms with Crippen molar-refractivity contribution in [3.8, 4) is 45.6 Å². The lowest BCUT2D eigenvalue weighted by atomic mass is 9.85. The SMILES string of the molecule is COc1c(O)cc2c(O)c(-c3c(C)cc4c(C(C)C)c(OC)c(O)cc4c3O)c(C)cc2c1C(C)C. The van der Waals surface area contributed by atoms with E-state index in [9.17, 15) is 20.4 Å². The molecule has 36 heavy (non-hydrogen) atoms. The standard InChI is InChI=1S/C30H34O6/c1-13(2)23-17-9-15(5)25(27(33)19(17)11-21(31)29(23)35-7)26-16(6)10-18-20(28(26)34)12-22(32)30(36-8)24(18)14(3)4/h9-14,31-34H,1-8H3. The van der Waals surface area contributed by atoms with E-state index in [0.29, 0.717) is 33.4 Å². The molecule has 0 amide bonds. The Morgan fingerprint density at radius 2 is 0.889 bits per heavy atom. The molecule has 0 bridgehead atoms. The van der Waals surface area contributed by atoms with Crippen molar-refractivity contribution in [2.24, 2.45) is 0 Å². The number of aryl methyl sites for hydroxylation is 2. The lowest BCUT2D eigenvalue weighted by molar-refractivity contribution is 0.368. The van der Waals surface area contributed by atoms with Crippen molar-refractivity contribution in [1.82, 2.24) is 0 Å². The Labute approximate surface area is 211 Å². The van der Waals surface area contributed by atoms with Gasteiger partial charge in [0.15, 0.2) is 23.0 Å². The maximum atomic E-state index is 11.5. The molecule has 0 aliphatic heterocycles.